The van der Waals surface area contributed by atoms with Crippen molar-refractivity contribution < 1.29 is 4.79 Å². The second kappa shape index (κ2) is 10.1. The van der Waals surface area contributed by atoms with Crippen LogP contribution in [0.3, 0.4) is 0 Å². The first-order valence-corrected chi connectivity index (χ1v) is 11.2. The summed E-state index contributed by atoms with van der Waals surface area (Å²) in [4.78, 5) is 16.0. The Kier molecular flexibility index (Phi) is 6.86. The Labute approximate surface area is 190 Å². The van der Waals surface area contributed by atoms with E-state index in [1.165, 1.54) is 5.56 Å². The topological polar surface area (TPSA) is 25.2 Å². The predicted molar refractivity (Wildman–Crippen MR) is 130 cm³/mol. The van der Waals surface area contributed by atoms with Crippen molar-refractivity contribution in [2.45, 2.75) is 38.9 Å². The number of rotatable bonds is 8. The molecule has 162 valence electrons. The van der Waals surface area contributed by atoms with Gasteiger partial charge in [-0.1, -0.05) is 91.0 Å². The first-order chi connectivity index (χ1) is 15.6. The molecule has 0 fully saturated rings. The smallest absolute Gasteiger partial charge is 0.235 e. The van der Waals surface area contributed by atoms with Crippen LogP contribution in [0, 0.1) is 0 Å². The fourth-order valence-corrected chi connectivity index (χ4v) is 4.15. The van der Waals surface area contributed by atoms with Crippen molar-refractivity contribution in [2.24, 2.45) is 0 Å². The lowest BCUT2D eigenvalue weighted by molar-refractivity contribution is -0.134. The molecule has 0 atom stereocenters. The highest BCUT2D eigenvalue weighted by Gasteiger charge is 2.29. The molecule has 32 heavy (non-hydrogen) atoms. The minimum absolute atomic E-state index is 0.0810. The highest BCUT2D eigenvalue weighted by molar-refractivity contribution is 5.87. The van der Waals surface area contributed by atoms with E-state index in [1.807, 2.05) is 71.6 Å². The van der Waals surface area contributed by atoms with Gasteiger partial charge in [0.1, 0.15) is 0 Å². The first kappa shape index (κ1) is 21.6. The largest absolute Gasteiger partial charge is 0.345 e. The molecule has 1 aromatic heterocycles. The molecule has 1 heterocycles. The summed E-state index contributed by atoms with van der Waals surface area (Å²) in [5.74, 6) is -0.192. The normalized spacial score (nSPS) is 11.1. The Hall–Kier alpha value is -3.59. The van der Waals surface area contributed by atoms with E-state index in [0.29, 0.717) is 6.54 Å². The molecule has 0 unspecified atom stereocenters. The maximum Gasteiger partial charge on any atom is 0.235 e. The maximum absolute atomic E-state index is 14.0. The van der Waals surface area contributed by atoms with Crippen molar-refractivity contribution in [3.63, 3.8) is 0 Å². The van der Waals surface area contributed by atoms with Gasteiger partial charge in [-0.05, 0) is 42.7 Å². The zero-order valence-corrected chi connectivity index (χ0v) is 18.8. The van der Waals surface area contributed by atoms with Crippen LogP contribution in [-0.2, 0) is 17.9 Å². The van der Waals surface area contributed by atoms with Crippen LogP contribution in [0.4, 0.5) is 0 Å². The average Bonchev–Trinajstić information content (AvgIpc) is 3.26. The van der Waals surface area contributed by atoms with E-state index >= 15 is 0 Å². The molecule has 0 aliphatic carbocycles. The van der Waals surface area contributed by atoms with Gasteiger partial charge in [0.25, 0.3) is 0 Å². The highest BCUT2D eigenvalue weighted by atomic mass is 16.2. The Morgan fingerprint density at radius 2 is 1.28 bits per heavy atom. The Balaban J connectivity index is 1.64. The van der Waals surface area contributed by atoms with E-state index in [4.69, 9.17) is 0 Å². The summed E-state index contributed by atoms with van der Waals surface area (Å²) in [5.41, 5.74) is 4.43. The van der Waals surface area contributed by atoms with Crippen molar-refractivity contribution >= 4 is 5.91 Å². The molecule has 3 heteroatoms. The second-order valence-electron chi connectivity index (χ2n) is 8.43. The lowest BCUT2D eigenvalue weighted by Crippen LogP contribution is -2.40. The lowest BCUT2D eigenvalue weighted by atomic mass is 9.89. The number of hydrogen-bond acceptors (Lipinski definition) is 1. The summed E-state index contributed by atoms with van der Waals surface area (Å²) in [6.45, 7) is 5.56. The molecular formula is C29H30N2O. The van der Waals surface area contributed by atoms with Crippen molar-refractivity contribution in [3.8, 4) is 0 Å². The minimum Gasteiger partial charge on any atom is -0.345 e. The number of carbonyl (C=O) groups excluding carboxylic acids is 1. The van der Waals surface area contributed by atoms with Crippen LogP contribution in [0.25, 0.3) is 0 Å². The molecule has 1 amide bonds. The van der Waals surface area contributed by atoms with Gasteiger partial charge in [-0.3, -0.25) is 4.79 Å². The van der Waals surface area contributed by atoms with Gasteiger partial charge in [-0.15, -0.1) is 0 Å². The molecule has 0 radical (unpaired) electrons. The molecule has 0 saturated heterocycles. The van der Waals surface area contributed by atoms with Crippen molar-refractivity contribution in [3.05, 3.63) is 132 Å². The summed E-state index contributed by atoms with van der Waals surface area (Å²) < 4.78 is 2.23. The van der Waals surface area contributed by atoms with Crippen LogP contribution >= 0.6 is 0 Å². The van der Waals surface area contributed by atoms with Gasteiger partial charge in [-0.25, -0.2) is 0 Å². The van der Waals surface area contributed by atoms with E-state index in [-0.39, 0.29) is 17.9 Å². The van der Waals surface area contributed by atoms with Crippen LogP contribution in [0.5, 0.6) is 0 Å². The molecule has 0 spiro atoms. The minimum atomic E-state index is -0.322. The Morgan fingerprint density at radius 1 is 0.750 bits per heavy atom. The third-order valence-electron chi connectivity index (χ3n) is 5.87. The van der Waals surface area contributed by atoms with E-state index in [2.05, 4.69) is 61.0 Å². The Bertz CT molecular complexity index is 1080. The number of benzene rings is 3. The van der Waals surface area contributed by atoms with E-state index in [0.717, 1.165) is 23.4 Å². The molecule has 4 aromatic rings. The zero-order chi connectivity index (χ0) is 22.3. The van der Waals surface area contributed by atoms with Crippen molar-refractivity contribution in [1.29, 1.82) is 0 Å². The van der Waals surface area contributed by atoms with Gasteiger partial charge in [-0.2, -0.15) is 0 Å². The van der Waals surface area contributed by atoms with Crippen LogP contribution in [0.1, 0.15) is 42.1 Å². The lowest BCUT2D eigenvalue weighted by Gasteiger charge is -2.31. The molecule has 0 N–H and O–H groups in total. The third kappa shape index (κ3) is 5.00. The van der Waals surface area contributed by atoms with Gasteiger partial charge in [0.2, 0.25) is 5.91 Å². The SMILES string of the molecule is CC(C)N(Cc1cccn1Cc1ccccc1)C(=O)C(c1ccccc1)c1ccccc1. The molecular weight excluding hydrogens is 392 g/mol. The fraction of sp³-hybridized carbons (Fsp3) is 0.207. The standard InChI is InChI=1S/C29H30N2O/c1-23(2)31(22-27-19-12-20-30(27)21-24-13-6-3-7-14-24)29(32)28(25-15-8-4-9-16-25)26-17-10-5-11-18-26/h3-20,23,28H,21-22H2,1-2H3. The highest BCUT2D eigenvalue weighted by Crippen LogP contribution is 2.28. The average molecular weight is 423 g/mol. The van der Waals surface area contributed by atoms with Crippen LogP contribution in [-0.4, -0.2) is 21.4 Å². The molecule has 4 rings (SSSR count). The third-order valence-corrected chi connectivity index (χ3v) is 5.87. The van der Waals surface area contributed by atoms with Gasteiger partial charge in [0, 0.05) is 24.5 Å². The quantitative estimate of drug-likeness (QED) is 0.336. The van der Waals surface area contributed by atoms with E-state index < -0.39 is 0 Å². The van der Waals surface area contributed by atoms with Crippen LogP contribution < -0.4 is 0 Å². The van der Waals surface area contributed by atoms with Gasteiger partial charge >= 0.3 is 0 Å². The first-order valence-electron chi connectivity index (χ1n) is 11.2. The molecule has 3 nitrogen and oxygen atoms in total. The maximum atomic E-state index is 14.0. The summed E-state index contributed by atoms with van der Waals surface area (Å²) in [7, 11) is 0. The van der Waals surface area contributed by atoms with Crippen molar-refractivity contribution in [2.75, 3.05) is 0 Å². The summed E-state index contributed by atoms with van der Waals surface area (Å²) >= 11 is 0. The number of hydrogen-bond donors (Lipinski definition) is 0. The van der Waals surface area contributed by atoms with Gasteiger partial charge in [0.05, 0.1) is 12.5 Å². The molecule has 0 bridgehead atoms. The van der Waals surface area contributed by atoms with E-state index in [1.54, 1.807) is 0 Å². The van der Waals surface area contributed by atoms with Gasteiger partial charge in [0.15, 0.2) is 0 Å². The number of amides is 1. The molecule has 0 saturated carbocycles. The van der Waals surface area contributed by atoms with E-state index in [9.17, 15) is 4.79 Å². The monoisotopic (exact) mass is 422 g/mol. The fourth-order valence-electron chi connectivity index (χ4n) is 4.15. The van der Waals surface area contributed by atoms with Crippen LogP contribution in [0.2, 0.25) is 0 Å². The number of aromatic nitrogens is 1. The predicted octanol–water partition coefficient (Wildman–Crippen LogP) is 6.11. The summed E-state index contributed by atoms with van der Waals surface area (Å²) in [6.07, 6.45) is 2.09. The second-order valence-corrected chi connectivity index (χ2v) is 8.43. The molecule has 0 aliphatic rings. The van der Waals surface area contributed by atoms with Crippen molar-refractivity contribution in [1.82, 2.24) is 9.47 Å². The Morgan fingerprint density at radius 3 is 1.81 bits per heavy atom. The number of nitrogens with zero attached hydrogens (tertiary/aromatic N) is 2. The van der Waals surface area contributed by atoms with Gasteiger partial charge < -0.3 is 9.47 Å². The zero-order valence-electron chi connectivity index (χ0n) is 18.8. The summed E-state index contributed by atoms with van der Waals surface area (Å²) in [6, 6.07) is 34.9. The van der Waals surface area contributed by atoms with Crippen LogP contribution in [0.15, 0.2) is 109 Å². The number of carbonyl (C=O) groups is 1. The molecule has 0 aliphatic heterocycles. The summed E-state index contributed by atoms with van der Waals surface area (Å²) in [5, 5.41) is 0. The molecule has 3 aromatic carbocycles.